The number of thiazole rings is 1. The van der Waals surface area contributed by atoms with Crippen LogP contribution in [0.15, 0.2) is 28.6 Å². The van der Waals surface area contributed by atoms with Crippen molar-refractivity contribution in [3.05, 3.63) is 45.4 Å². The fourth-order valence-electron chi connectivity index (χ4n) is 2.83. The number of benzene rings is 1. The number of hydrogen-bond donors (Lipinski definition) is 2. The predicted molar refractivity (Wildman–Crippen MR) is 114 cm³/mol. The zero-order chi connectivity index (χ0) is 16.2. The van der Waals surface area contributed by atoms with E-state index in [2.05, 4.69) is 52.7 Å². The van der Waals surface area contributed by atoms with Crippen LogP contribution in [0, 0.1) is 0 Å². The third-order valence-corrected chi connectivity index (χ3v) is 5.28. The van der Waals surface area contributed by atoms with Crippen molar-refractivity contribution in [1.29, 1.82) is 0 Å². The van der Waals surface area contributed by atoms with Gasteiger partial charge in [0.05, 0.1) is 10.7 Å². The molecule has 0 spiro atoms. The summed E-state index contributed by atoms with van der Waals surface area (Å²) in [7, 11) is 0. The molecule has 3 N–H and O–H groups in total. The molecule has 0 atom stereocenters. The van der Waals surface area contributed by atoms with E-state index in [4.69, 9.17) is 5.73 Å². The van der Waals surface area contributed by atoms with Crippen molar-refractivity contribution in [3.63, 3.8) is 0 Å². The Morgan fingerprint density at radius 3 is 2.88 bits per heavy atom. The van der Waals surface area contributed by atoms with Gasteiger partial charge in [-0.25, -0.2) is 4.98 Å². The molecule has 6 heteroatoms. The van der Waals surface area contributed by atoms with E-state index in [1.807, 2.05) is 0 Å². The monoisotopic (exact) mass is 456 g/mol. The van der Waals surface area contributed by atoms with Crippen LogP contribution in [0.1, 0.15) is 48.0 Å². The van der Waals surface area contributed by atoms with E-state index in [0.29, 0.717) is 18.4 Å². The third-order valence-electron chi connectivity index (χ3n) is 4.08. The minimum Gasteiger partial charge on any atom is -0.370 e. The van der Waals surface area contributed by atoms with E-state index in [1.165, 1.54) is 35.4 Å². The number of aryl methyl sites for hydroxylation is 2. The van der Waals surface area contributed by atoms with Crippen LogP contribution in [-0.4, -0.2) is 17.5 Å². The number of hydrogen-bond acceptors (Lipinski definition) is 3. The fraction of sp³-hybridized carbons (Fsp3) is 0.444. The SMILES string of the molecule is CC(C)c1nc(CCN=C(N)Nc2ccc3c(c2)CCC3)cs1.I. The first kappa shape index (κ1) is 19.2. The third kappa shape index (κ3) is 4.92. The van der Waals surface area contributed by atoms with Crippen LogP contribution in [-0.2, 0) is 19.3 Å². The lowest BCUT2D eigenvalue weighted by molar-refractivity contribution is 0.831. The van der Waals surface area contributed by atoms with E-state index in [9.17, 15) is 0 Å². The maximum absolute atomic E-state index is 5.99. The molecule has 0 unspecified atom stereocenters. The number of aliphatic imine (C=N–C) groups is 1. The molecule has 3 rings (SSSR count). The fourth-order valence-corrected chi connectivity index (χ4v) is 3.70. The van der Waals surface area contributed by atoms with Gasteiger partial charge in [-0.2, -0.15) is 0 Å². The van der Waals surface area contributed by atoms with Crippen molar-refractivity contribution in [1.82, 2.24) is 4.98 Å². The number of nitrogens with zero attached hydrogens (tertiary/aromatic N) is 2. The summed E-state index contributed by atoms with van der Waals surface area (Å²) in [6.07, 6.45) is 4.46. The van der Waals surface area contributed by atoms with Gasteiger partial charge < -0.3 is 11.1 Å². The highest BCUT2D eigenvalue weighted by Gasteiger charge is 2.11. The molecule has 24 heavy (non-hydrogen) atoms. The predicted octanol–water partition coefficient (Wildman–Crippen LogP) is 4.34. The molecule has 0 aliphatic heterocycles. The van der Waals surface area contributed by atoms with Crippen molar-refractivity contribution < 1.29 is 0 Å². The number of halogens is 1. The van der Waals surface area contributed by atoms with E-state index in [-0.39, 0.29) is 24.0 Å². The molecule has 2 aromatic rings. The van der Waals surface area contributed by atoms with Crippen LogP contribution in [0.25, 0.3) is 0 Å². The lowest BCUT2D eigenvalue weighted by Crippen LogP contribution is -2.23. The van der Waals surface area contributed by atoms with Gasteiger partial charge >= 0.3 is 0 Å². The van der Waals surface area contributed by atoms with Crippen LogP contribution in [0.5, 0.6) is 0 Å². The van der Waals surface area contributed by atoms with Crippen LogP contribution in [0.4, 0.5) is 5.69 Å². The standard InChI is InChI=1S/C18H24N4S.HI/c1-12(2)17-21-16(11-23-17)8-9-20-18(19)22-15-7-6-13-4-3-5-14(13)10-15;/h6-7,10-12H,3-5,8-9H2,1-2H3,(H3,19,20,22);1H. The van der Waals surface area contributed by atoms with E-state index < -0.39 is 0 Å². The number of nitrogens with two attached hydrogens (primary N) is 1. The van der Waals surface area contributed by atoms with Crippen LogP contribution in [0.3, 0.4) is 0 Å². The van der Waals surface area contributed by atoms with Gasteiger partial charge in [-0.15, -0.1) is 35.3 Å². The molecular formula is C18H25IN4S. The maximum Gasteiger partial charge on any atom is 0.193 e. The zero-order valence-electron chi connectivity index (χ0n) is 14.2. The maximum atomic E-state index is 5.99. The van der Waals surface area contributed by atoms with E-state index in [0.717, 1.165) is 17.8 Å². The largest absolute Gasteiger partial charge is 0.370 e. The van der Waals surface area contributed by atoms with Gasteiger partial charge in [0, 0.05) is 30.0 Å². The van der Waals surface area contributed by atoms with Crippen molar-refractivity contribution in [2.24, 2.45) is 10.7 Å². The van der Waals surface area contributed by atoms with Gasteiger partial charge in [0.15, 0.2) is 5.96 Å². The molecule has 0 bridgehead atoms. The second kappa shape index (κ2) is 8.80. The van der Waals surface area contributed by atoms with Crippen LogP contribution >= 0.6 is 35.3 Å². The van der Waals surface area contributed by atoms with E-state index in [1.54, 1.807) is 11.3 Å². The topological polar surface area (TPSA) is 63.3 Å². The van der Waals surface area contributed by atoms with E-state index >= 15 is 0 Å². The molecule has 4 nitrogen and oxygen atoms in total. The summed E-state index contributed by atoms with van der Waals surface area (Å²) in [6.45, 7) is 4.99. The summed E-state index contributed by atoms with van der Waals surface area (Å²) in [6, 6.07) is 6.47. The normalized spacial score (nSPS) is 13.7. The number of rotatable bonds is 5. The molecule has 1 aromatic heterocycles. The Bertz CT molecular complexity index is 709. The minimum atomic E-state index is 0. The lowest BCUT2D eigenvalue weighted by atomic mass is 10.1. The number of fused-ring (bicyclic) bond motifs is 1. The average Bonchev–Trinajstić information content (AvgIpc) is 3.15. The minimum absolute atomic E-state index is 0. The molecule has 0 saturated carbocycles. The second-order valence-corrected chi connectivity index (χ2v) is 7.20. The Balaban J connectivity index is 0.00000208. The Morgan fingerprint density at radius 1 is 1.33 bits per heavy atom. The Kier molecular flexibility index (Phi) is 7.03. The molecule has 1 aliphatic rings. The second-order valence-electron chi connectivity index (χ2n) is 6.31. The smallest absolute Gasteiger partial charge is 0.193 e. The quantitative estimate of drug-likeness (QED) is 0.400. The van der Waals surface area contributed by atoms with Gasteiger partial charge in [0.1, 0.15) is 0 Å². The Labute approximate surface area is 165 Å². The molecule has 0 saturated heterocycles. The zero-order valence-corrected chi connectivity index (χ0v) is 17.4. The van der Waals surface area contributed by atoms with Gasteiger partial charge in [-0.1, -0.05) is 19.9 Å². The van der Waals surface area contributed by atoms with Gasteiger partial charge in [0.2, 0.25) is 0 Å². The van der Waals surface area contributed by atoms with Crippen molar-refractivity contribution in [2.45, 2.75) is 45.4 Å². The molecule has 1 aliphatic carbocycles. The molecular weight excluding hydrogens is 431 g/mol. The van der Waals surface area contributed by atoms with Crippen LogP contribution < -0.4 is 11.1 Å². The van der Waals surface area contributed by atoms with Gasteiger partial charge in [-0.05, 0) is 42.5 Å². The number of anilines is 1. The summed E-state index contributed by atoms with van der Waals surface area (Å²) < 4.78 is 0. The first-order chi connectivity index (χ1) is 11.1. The first-order valence-corrected chi connectivity index (χ1v) is 9.13. The summed E-state index contributed by atoms with van der Waals surface area (Å²) >= 11 is 1.72. The Morgan fingerprint density at radius 2 is 2.12 bits per heavy atom. The highest BCUT2D eigenvalue weighted by atomic mass is 127. The summed E-state index contributed by atoms with van der Waals surface area (Å²) in [5.41, 5.74) is 11.0. The molecule has 0 amide bonds. The van der Waals surface area contributed by atoms with Crippen molar-refractivity contribution in [3.8, 4) is 0 Å². The highest BCUT2D eigenvalue weighted by molar-refractivity contribution is 14.0. The molecule has 1 aromatic carbocycles. The first-order valence-electron chi connectivity index (χ1n) is 8.25. The average molecular weight is 456 g/mol. The molecule has 0 fully saturated rings. The van der Waals surface area contributed by atoms with Gasteiger partial charge in [-0.3, -0.25) is 4.99 Å². The molecule has 130 valence electrons. The summed E-state index contributed by atoms with van der Waals surface area (Å²) in [5.74, 6) is 0.964. The number of guanidine groups is 1. The Hall–Kier alpha value is -1.15. The number of aromatic nitrogens is 1. The van der Waals surface area contributed by atoms with Gasteiger partial charge in [0.25, 0.3) is 0 Å². The lowest BCUT2D eigenvalue weighted by Gasteiger charge is -2.07. The number of nitrogens with one attached hydrogen (secondary N) is 1. The summed E-state index contributed by atoms with van der Waals surface area (Å²) in [4.78, 5) is 9.03. The highest BCUT2D eigenvalue weighted by Crippen LogP contribution is 2.24. The molecule has 0 radical (unpaired) electrons. The summed E-state index contributed by atoms with van der Waals surface area (Å²) in [5, 5.41) is 6.50. The molecule has 1 heterocycles. The van der Waals surface area contributed by atoms with Crippen LogP contribution in [0.2, 0.25) is 0 Å². The van der Waals surface area contributed by atoms with Crippen molar-refractivity contribution in [2.75, 3.05) is 11.9 Å². The van der Waals surface area contributed by atoms with Crippen molar-refractivity contribution >= 4 is 47.0 Å².